The molecule has 1 amide bonds. The minimum Gasteiger partial charge on any atom is -0.496 e. The molecule has 0 saturated carbocycles. The minimum atomic E-state index is -0.145. The highest BCUT2D eigenvalue weighted by molar-refractivity contribution is 5.91. The van der Waals surface area contributed by atoms with Crippen LogP contribution in [-0.4, -0.2) is 36.2 Å². The van der Waals surface area contributed by atoms with Gasteiger partial charge in [0.15, 0.2) is 0 Å². The first-order chi connectivity index (χ1) is 11.2. The molecule has 0 atom stereocenters. The number of ether oxygens (including phenoxy) is 1. The van der Waals surface area contributed by atoms with Crippen molar-refractivity contribution < 1.29 is 14.6 Å². The first kappa shape index (κ1) is 16.8. The summed E-state index contributed by atoms with van der Waals surface area (Å²) in [7, 11) is 1.60. The number of amides is 1. The summed E-state index contributed by atoms with van der Waals surface area (Å²) in [4.78, 5) is 14.0. The summed E-state index contributed by atoms with van der Waals surface area (Å²) in [5.41, 5.74) is 1.87. The second kappa shape index (κ2) is 8.76. The molecule has 2 aromatic carbocycles. The summed E-state index contributed by atoms with van der Waals surface area (Å²) >= 11 is 0. The third-order valence-electron chi connectivity index (χ3n) is 3.45. The Kier molecular flexibility index (Phi) is 6.39. The molecule has 120 valence electrons. The lowest BCUT2D eigenvalue weighted by molar-refractivity contribution is -0.127. The molecular formula is C19H21NO3. The molecule has 0 radical (unpaired) electrons. The van der Waals surface area contributed by atoms with Gasteiger partial charge in [-0.2, -0.15) is 0 Å². The molecule has 2 aromatic rings. The molecule has 0 unspecified atom stereocenters. The molecule has 1 N–H and O–H groups in total. The zero-order valence-electron chi connectivity index (χ0n) is 13.2. The van der Waals surface area contributed by atoms with Crippen LogP contribution in [0.1, 0.15) is 11.1 Å². The molecule has 0 spiro atoms. The van der Waals surface area contributed by atoms with Crippen molar-refractivity contribution in [1.29, 1.82) is 0 Å². The first-order valence-corrected chi connectivity index (χ1v) is 7.49. The Morgan fingerprint density at radius 2 is 1.83 bits per heavy atom. The number of aliphatic hydroxyl groups is 1. The lowest BCUT2D eigenvalue weighted by Gasteiger charge is -2.21. The summed E-state index contributed by atoms with van der Waals surface area (Å²) in [5, 5.41) is 9.23. The predicted octanol–water partition coefficient (Wildman–Crippen LogP) is 2.73. The van der Waals surface area contributed by atoms with Crippen molar-refractivity contribution >= 4 is 12.0 Å². The number of rotatable bonds is 7. The SMILES string of the molecule is COc1ccccc1CN(CCO)C(=O)/C=C/c1ccccc1. The summed E-state index contributed by atoms with van der Waals surface area (Å²) in [6, 6.07) is 17.2. The Labute approximate surface area is 136 Å². The van der Waals surface area contributed by atoms with E-state index in [0.717, 1.165) is 16.9 Å². The predicted molar refractivity (Wildman–Crippen MR) is 91.0 cm³/mol. The van der Waals surface area contributed by atoms with Crippen LogP contribution in [0.25, 0.3) is 6.08 Å². The molecule has 2 rings (SSSR count). The molecule has 0 aliphatic heterocycles. The van der Waals surface area contributed by atoms with Gasteiger partial charge in [0, 0.05) is 24.7 Å². The second-order valence-electron chi connectivity index (χ2n) is 5.04. The fourth-order valence-electron chi connectivity index (χ4n) is 2.26. The van der Waals surface area contributed by atoms with Crippen LogP contribution < -0.4 is 4.74 Å². The molecule has 0 heterocycles. The van der Waals surface area contributed by atoms with Gasteiger partial charge in [-0.25, -0.2) is 0 Å². The van der Waals surface area contributed by atoms with Crippen molar-refractivity contribution in [1.82, 2.24) is 4.90 Å². The fourth-order valence-corrected chi connectivity index (χ4v) is 2.26. The summed E-state index contributed by atoms with van der Waals surface area (Å²) in [6.45, 7) is 0.582. The molecule has 0 aliphatic carbocycles. The highest BCUT2D eigenvalue weighted by Crippen LogP contribution is 2.19. The first-order valence-electron chi connectivity index (χ1n) is 7.49. The van der Waals surface area contributed by atoms with Gasteiger partial charge >= 0.3 is 0 Å². The number of methoxy groups -OCH3 is 1. The molecule has 0 aromatic heterocycles. The van der Waals surface area contributed by atoms with Crippen LogP contribution in [0.3, 0.4) is 0 Å². The van der Waals surface area contributed by atoms with Gasteiger partial charge in [-0.3, -0.25) is 4.79 Å². The number of benzene rings is 2. The van der Waals surface area contributed by atoms with Crippen LogP contribution >= 0.6 is 0 Å². The molecule has 4 nitrogen and oxygen atoms in total. The zero-order valence-corrected chi connectivity index (χ0v) is 13.2. The Balaban J connectivity index is 2.11. The third kappa shape index (κ3) is 4.97. The quantitative estimate of drug-likeness (QED) is 0.800. The Hall–Kier alpha value is -2.59. The smallest absolute Gasteiger partial charge is 0.246 e. The molecule has 0 saturated heterocycles. The van der Waals surface area contributed by atoms with E-state index in [1.165, 1.54) is 6.08 Å². The number of para-hydroxylation sites is 1. The van der Waals surface area contributed by atoms with E-state index >= 15 is 0 Å². The van der Waals surface area contributed by atoms with Crippen LogP contribution in [-0.2, 0) is 11.3 Å². The number of carbonyl (C=O) groups excluding carboxylic acids is 1. The van der Waals surface area contributed by atoms with Crippen LogP contribution in [0.5, 0.6) is 5.75 Å². The van der Waals surface area contributed by atoms with E-state index in [4.69, 9.17) is 4.74 Å². The molecule has 4 heteroatoms. The molecule has 0 fully saturated rings. The van der Waals surface area contributed by atoms with Crippen LogP contribution in [0, 0.1) is 0 Å². The van der Waals surface area contributed by atoms with E-state index in [1.807, 2.05) is 54.6 Å². The van der Waals surface area contributed by atoms with Crippen LogP contribution in [0.15, 0.2) is 60.7 Å². The largest absolute Gasteiger partial charge is 0.496 e. The topological polar surface area (TPSA) is 49.8 Å². The summed E-state index contributed by atoms with van der Waals surface area (Å²) in [6.07, 6.45) is 3.30. The average molecular weight is 311 g/mol. The monoisotopic (exact) mass is 311 g/mol. The molecule has 0 bridgehead atoms. The number of hydrogen-bond donors (Lipinski definition) is 1. The van der Waals surface area contributed by atoms with E-state index in [1.54, 1.807) is 18.1 Å². The summed E-state index contributed by atoms with van der Waals surface area (Å²) < 4.78 is 5.31. The van der Waals surface area contributed by atoms with E-state index in [9.17, 15) is 9.90 Å². The maximum Gasteiger partial charge on any atom is 0.246 e. The zero-order chi connectivity index (χ0) is 16.5. The van der Waals surface area contributed by atoms with Crippen molar-refractivity contribution in [3.8, 4) is 5.75 Å². The Morgan fingerprint density at radius 1 is 1.13 bits per heavy atom. The van der Waals surface area contributed by atoms with Crippen molar-refractivity contribution in [2.75, 3.05) is 20.3 Å². The maximum atomic E-state index is 12.4. The highest BCUT2D eigenvalue weighted by atomic mass is 16.5. The molecule has 23 heavy (non-hydrogen) atoms. The number of nitrogens with zero attached hydrogens (tertiary/aromatic N) is 1. The van der Waals surface area contributed by atoms with Crippen molar-refractivity contribution in [3.63, 3.8) is 0 Å². The molecule has 0 aliphatic rings. The van der Waals surface area contributed by atoms with Gasteiger partial charge in [0.1, 0.15) is 5.75 Å². The van der Waals surface area contributed by atoms with Gasteiger partial charge in [-0.15, -0.1) is 0 Å². The van der Waals surface area contributed by atoms with Gasteiger partial charge in [0.2, 0.25) is 5.91 Å². The van der Waals surface area contributed by atoms with Crippen molar-refractivity contribution in [2.24, 2.45) is 0 Å². The lowest BCUT2D eigenvalue weighted by atomic mass is 10.1. The third-order valence-corrected chi connectivity index (χ3v) is 3.45. The number of aliphatic hydroxyl groups excluding tert-OH is 1. The average Bonchev–Trinajstić information content (AvgIpc) is 2.60. The van der Waals surface area contributed by atoms with Gasteiger partial charge in [0.25, 0.3) is 0 Å². The van der Waals surface area contributed by atoms with E-state index in [2.05, 4.69) is 0 Å². The molecular weight excluding hydrogens is 290 g/mol. The normalized spacial score (nSPS) is 10.7. The van der Waals surface area contributed by atoms with Gasteiger partial charge in [-0.1, -0.05) is 48.5 Å². The van der Waals surface area contributed by atoms with Crippen LogP contribution in [0.2, 0.25) is 0 Å². The maximum absolute atomic E-state index is 12.4. The van der Waals surface area contributed by atoms with Crippen molar-refractivity contribution in [2.45, 2.75) is 6.54 Å². The standard InChI is InChI=1S/C19H21NO3/c1-23-18-10-6-5-9-17(18)15-20(13-14-21)19(22)12-11-16-7-3-2-4-8-16/h2-12,21H,13-15H2,1H3/b12-11+. The Bertz CT molecular complexity index is 653. The number of hydrogen-bond acceptors (Lipinski definition) is 3. The van der Waals surface area contributed by atoms with Gasteiger partial charge in [0.05, 0.1) is 13.7 Å². The second-order valence-corrected chi connectivity index (χ2v) is 5.04. The van der Waals surface area contributed by atoms with Gasteiger partial charge < -0.3 is 14.7 Å². The van der Waals surface area contributed by atoms with E-state index in [-0.39, 0.29) is 19.1 Å². The van der Waals surface area contributed by atoms with Crippen LogP contribution in [0.4, 0.5) is 0 Å². The minimum absolute atomic E-state index is 0.0833. The fraction of sp³-hybridized carbons (Fsp3) is 0.211. The summed E-state index contributed by atoms with van der Waals surface area (Å²) in [5.74, 6) is 0.587. The number of carbonyl (C=O) groups is 1. The van der Waals surface area contributed by atoms with Crippen molar-refractivity contribution in [3.05, 3.63) is 71.8 Å². The Morgan fingerprint density at radius 3 is 2.52 bits per heavy atom. The highest BCUT2D eigenvalue weighted by Gasteiger charge is 2.13. The van der Waals surface area contributed by atoms with Gasteiger partial charge in [-0.05, 0) is 17.7 Å². The van der Waals surface area contributed by atoms with E-state index < -0.39 is 0 Å². The van der Waals surface area contributed by atoms with E-state index in [0.29, 0.717) is 6.54 Å². The lowest BCUT2D eigenvalue weighted by Crippen LogP contribution is -2.31.